The van der Waals surface area contributed by atoms with Gasteiger partial charge in [0.25, 0.3) is 5.91 Å². The van der Waals surface area contributed by atoms with Crippen molar-refractivity contribution in [2.45, 2.75) is 12.8 Å². The summed E-state index contributed by atoms with van der Waals surface area (Å²) in [5.41, 5.74) is 0.387. The van der Waals surface area contributed by atoms with Crippen LogP contribution >= 0.6 is 0 Å². The van der Waals surface area contributed by atoms with E-state index < -0.39 is 18.5 Å². The fourth-order valence-corrected chi connectivity index (χ4v) is 2.59. The summed E-state index contributed by atoms with van der Waals surface area (Å²) in [6.07, 6.45) is 0.242. The van der Waals surface area contributed by atoms with Gasteiger partial charge in [-0.1, -0.05) is 0 Å². The first kappa shape index (κ1) is 21.0. The van der Waals surface area contributed by atoms with E-state index in [1.54, 1.807) is 18.2 Å². The summed E-state index contributed by atoms with van der Waals surface area (Å²) in [4.78, 5) is 49.5. The first-order valence-corrected chi connectivity index (χ1v) is 8.58. The lowest BCUT2D eigenvalue weighted by Crippen LogP contribution is -2.32. The van der Waals surface area contributed by atoms with Gasteiger partial charge in [0.15, 0.2) is 6.61 Å². The zero-order chi connectivity index (χ0) is 20.7. The molecule has 4 amide bonds. The lowest BCUT2D eigenvalue weighted by Gasteiger charge is -2.14. The molecule has 1 aliphatic rings. The molecule has 1 saturated heterocycles. The largest absolute Gasteiger partial charge is 0.497 e. The smallest absolute Gasteiger partial charge is 0.326 e. The van der Waals surface area contributed by atoms with Crippen LogP contribution in [0.15, 0.2) is 18.2 Å². The van der Waals surface area contributed by atoms with E-state index in [1.165, 1.54) is 26.2 Å². The molecule has 0 unspecified atom stereocenters. The van der Waals surface area contributed by atoms with E-state index in [-0.39, 0.29) is 37.9 Å². The van der Waals surface area contributed by atoms with E-state index in [4.69, 9.17) is 14.2 Å². The van der Waals surface area contributed by atoms with Gasteiger partial charge in [0, 0.05) is 26.1 Å². The number of imide groups is 1. The van der Waals surface area contributed by atoms with Gasteiger partial charge < -0.3 is 24.4 Å². The predicted octanol–water partition coefficient (Wildman–Crippen LogP) is 0.860. The Balaban J connectivity index is 1.75. The van der Waals surface area contributed by atoms with Crippen molar-refractivity contribution in [1.82, 2.24) is 9.80 Å². The number of hydrogen-bond acceptors (Lipinski definition) is 7. The molecule has 0 spiro atoms. The van der Waals surface area contributed by atoms with Crippen molar-refractivity contribution in [3.63, 3.8) is 0 Å². The van der Waals surface area contributed by atoms with Crippen molar-refractivity contribution in [3.05, 3.63) is 18.2 Å². The quantitative estimate of drug-likeness (QED) is 0.489. The Kier molecular flexibility index (Phi) is 7.19. The van der Waals surface area contributed by atoms with Crippen molar-refractivity contribution < 1.29 is 33.4 Å². The molecule has 0 atom stereocenters. The molecule has 1 heterocycles. The van der Waals surface area contributed by atoms with Crippen LogP contribution in [0.2, 0.25) is 0 Å². The summed E-state index contributed by atoms with van der Waals surface area (Å²) in [5.74, 6) is -0.464. The van der Waals surface area contributed by atoms with Crippen molar-refractivity contribution in [1.29, 1.82) is 0 Å². The Bertz CT molecular complexity index is 766. The number of carbonyl (C=O) groups excluding carboxylic acids is 4. The van der Waals surface area contributed by atoms with Gasteiger partial charge in [0.05, 0.1) is 19.9 Å². The molecule has 1 aromatic rings. The van der Waals surface area contributed by atoms with Crippen LogP contribution in [0.1, 0.15) is 12.8 Å². The summed E-state index contributed by atoms with van der Waals surface area (Å²) >= 11 is 0. The number of urea groups is 1. The van der Waals surface area contributed by atoms with Crippen LogP contribution in [0.5, 0.6) is 11.5 Å². The van der Waals surface area contributed by atoms with Crippen LogP contribution in [0.4, 0.5) is 10.5 Å². The topological polar surface area (TPSA) is 114 Å². The highest BCUT2D eigenvalue weighted by molar-refractivity contribution is 6.01. The van der Waals surface area contributed by atoms with E-state index in [9.17, 15) is 19.2 Å². The molecule has 0 saturated carbocycles. The molecule has 10 heteroatoms. The molecule has 0 radical (unpaired) electrons. The number of anilines is 1. The van der Waals surface area contributed by atoms with Gasteiger partial charge >= 0.3 is 12.0 Å². The summed E-state index contributed by atoms with van der Waals surface area (Å²) in [6.45, 7) is -0.301. The molecular weight excluding hydrogens is 370 g/mol. The maximum absolute atomic E-state index is 12.0. The fourth-order valence-electron chi connectivity index (χ4n) is 2.59. The average Bonchev–Trinajstić information content (AvgIpc) is 2.92. The Morgan fingerprint density at radius 1 is 1.18 bits per heavy atom. The fraction of sp³-hybridized carbons (Fsp3) is 0.444. The molecule has 10 nitrogen and oxygen atoms in total. The average molecular weight is 393 g/mol. The Labute approximate surface area is 162 Å². The number of amides is 4. The van der Waals surface area contributed by atoms with Crippen molar-refractivity contribution >= 4 is 29.5 Å². The van der Waals surface area contributed by atoms with E-state index in [1.807, 2.05) is 0 Å². The van der Waals surface area contributed by atoms with Gasteiger partial charge in [0.1, 0.15) is 18.0 Å². The number of carbonyl (C=O) groups is 4. The molecule has 152 valence electrons. The molecule has 1 N–H and O–H groups in total. The van der Waals surface area contributed by atoms with Gasteiger partial charge in [-0.3, -0.25) is 19.3 Å². The Morgan fingerprint density at radius 2 is 1.93 bits per heavy atom. The first-order valence-electron chi connectivity index (χ1n) is 8.58. The van der Waals surface area contributed by atoms with Gasteiger partial charge in [0.2, 0.25) is 5.91 Å². The molecule has 2 rings (SSSR count). The molecule has 1 aliphatic heterocycles. The molecule has 1 aromatic carbocycles. The number of likely N-dealkylation sites (N-methyl/N-ethyl adjacent to an activating group) is 1. The number of ether oxygens (including phenoxy) is 3. The first-order chi connectivity index (χ1) is 13.3. The third-order valence-electron chi connectivity index (χ3n) is 4.04. The number of nitrogens with one attached hydrogen (secondary N) is 1. The highest BCUT2D eigenvalue weighted by Crippen LogP contribution is 2.28. The number of esters is 1. The van der Waals surface area contributed by atoms with E-state index in [0.717, 1.165) is 4.90 Å². The lowest BCUT2D eigenvalue weighted by molar-refractivity contribution is -0.147. The van der Waals surface area contributed by atoms with Crippen LogP contribution in [0.3, 0.4) is 0 Å². The monoisotopic (exact) mass is 393 g/mol. The third kappa shape index (κ3) is 5.35. The molecule has 1 fully saturated rings. The van der Waals surface area contributed by atoms with Gasteiger partial charge in [-0.2, -0.15) is 0 Å². The van der Waals surface area contributed by atoms with Crippen LogP contribution in [0.25, 0.3) is 0 Å². The van der Waals surface area contributed by atoms with Crippen LogP contribution < -0.4 is 14.8 Å². The predicted molar refractivity (Wildman–Crippen MR) is 98.1 cm³/mol. The third-order valence-corrected chi connectivity index (χ3v) is 4.04. The number of hydrogen-bond donors (Lipinski definition) is 1. The molecule has 0 aromatic heterocycles. The van der Waals surface area contributed by atoms with Crippen LogP contribution in [0, 0.1) is 0 Å². The second-order valence-electron chi connectivity index (χ2n) is 6.06. The molecular formula is C18H23N3O7. The molecule has 0 bridgehead atoms. The second-order valence-corrected chi connectivity index (χ2v) is 6.06. The van der Waals surface area contributed by atoms with Gasteiger partial charge in [-0.25, -0.2) is 4.79 Å². The highest BCUT2D eigenvalue weighted by Gasteiger charge is 2.32. The maximum Gasteiger partial charge on any atom is 0.326 e. The minimum atomic E-state index is -0.597. The number of benzene rings is 1. The summed E-state index contributed by atoms with van der Waals surface area (Å²) in [6, 6.07) is 4.52. The zero-order valence-electron chi connectivity index (χ0n) is 16.0. The van der Waals surface area contributed by atoms with Crippen molar-refractivity contribution in [2.75, 3.05) is 46.3 Å². The zero-order valence-corrected chi connectivity index (χ0v) is 16.0. The lowest BCUT2D eigenvalue weighted by atomic mass is 10.2. The summed E-state index contributed by atoms with van der Waals surface area (Å²) in [5, 5.41) is 2.58. The number of nitrogens with zero attached hydrogens (tertiary/aromatic N) is 2. The SMILES string of the molecule is COc1ccc(OC)c(NC(=O)COC(=O)CCCN2C(=O)CN(C)C2=O)c1. The van der Waals surface area contributed by atoms with Gasteiger partial charge in [-0.05, 0) is 18.6 Å². The van der Waals surface area contributed by atoms with Gasteiger partial charge in [-0.15, -0.1) is 0 Å². The normalized spacial score (nSPS) is 13.5. The van der Waals surface area contributed by atoms with Crippen molar-refractivity contribution in [3.8, 4) is 11.5 Å². The number of rotatable bonds is 9. The maximum atomic E-state index is 12.0. The summed E-state index contributed by atoms with van der Waals surface area (Å²) in [7, 11) is 4.49. The van der Waals surface area contributed by atoms with E-state index >= 15 is 0 Å². The van der Waals surface area contributed by atoms with Crippen LogP contribution in [-0.4, -0.2) is 74.6 Å². The van der Waals surface area contributed by atoms with Crippen molar-refractivity contribution in [2.24, 2.45) is 0 Å². The standard InChI is InChI=1S/C18H23N3O7/c1-20-10-16(23)21(18(20)25)8-4-5-17(24)28-11-15(22)19-13-9-12(26-2)6-7-14(13)27-3/h6-7,9H,4-5,8,10-11H2,1-3H3,(H,19,22). The molecule has 28 heavy (non-hydrogen) atoms. The molecule has 0 aliphatic carbocycles. The minimum absolute atomic E-state index is 0.0173. The van der Waals surface area contributed by atoms with E-state index in [0.29, 0.717) is 17.2 Å². The van der Waals surface area contributed by atoms with Crippen LogP contribution in [-0.2, 0) is 19.1 Å². The second kappa shape index (κ2) is 9.58. The highest BCUT2D eigenvalue weighted by atomic mass is 16.5. The minimum Gasteiger partial charge on any atom is -0.497 e. The van der Waals surface area contributed by atoms with E-state index in [2.05, 4.69) is 5.32 Å². The Morgan fingerprint density at radius 3 is 2.54 bits per heavy atom. The summed E-state index contributed by atoms with van der Waals surface area (Å²) < 4.78 is 15.2. The number of methoxy groups -OCH3 is 2. The Hall–Kier alpha value is -3.30.